The van der Waals surface area contributed by atoms with E-state index in [1.165, 1.54) is 0 Å². The zero-order chi connectivity index (χ0) is 21.3. The fraction of sp³-hybridized carbons (Fsp3) is 0.750. The van der Waals surface area contributed by atoms with Gasteiger partial charge in [0.05, 0.1) is 17.9 Å². The second-order valence-electron chi connectivity index (χ2n) is 8.06. The fourth-order valence-electron chi connectivity index (χ4n) is 3.76. The van der Waals surface area contributed by atoms with Gasteiger partial charge in [0.1, 0.15) is 5.78 Å². The van der Waals surface area contributed by atoms with Gasteiger partial charge >= 0.3 is 18.1 Å². The van der Waals surface area contributed by atoms with E-state index in [4.69, 9.17) is 9.47 Å². The van der Waals surface area contributed by atoms with Crippen molar-refractivity contribution < 1.29 is 37.0 Å². The molecule has 1 aliphatic carbocycles. The van der Waals surface area contributed by atoms with Gasteiger partial charge in [0.15, 0.2) is 0 Å². The number of rotatable bonds is 8. The van der Waals surface area contributed by atoms with Gasteiger partial charge in [-0.3, -0.25) is 9.59 Å². The normalized spacial score (nSPS) is 27.4. The highest BCUT2D eigenvalue weighted by Crippen LogP contribution is 2.52. The van der Waals surface area contributed by atoms with Crippen LogP contribution in [0.3, 0.4) is 0 Å². The summed E-state index contributed by atoms with van der Waals surface area (Å²) >= 11 is 0. The molecule has 8 heteroatoms. The van der Waals surface area contributed by atoms with Crippen LogP contribution < -0.4 is 0 Å². The Kier molecular flexibility index (Phi) is 6.61. The Morgan fingerprint density at radius 3 is 2.43 bits per heavy atom. The molecule has 0 spiro atoms. The molecule has 0 aromatic carbocycles. The topological polar surface area (TPSA) is 69.7 Å². The molecule has 0 aromatic heterocycles. The van der Waals surface area contributed by atoms with Gasteiger partial charge < -0.3 is 9.47 Å². The number of ether oxygens (including phenoxy) is 2. The third kappa shape index (κ3) is 4.94. The van der Waals surface area contributed by atoms with Crippen LogP contribution in [-0.4, -0.2) is 36.6 Å². The number of allylic oxidation sites excluding steroid dienone is 1. The highest BCUT2D eigenvalue weighted by molar-refractivity contribution is 5.92. The van der Waals surface area contributed by atoms with Gasteiger partial charge in [0.2, 0.25) is 6.10 Å². The molecular formula is C20H27F3O5. The van der Waals surface area contributed by atoms with E-state index in [0.29, 0.717) is 0 Å². The molecule has 0 radical (unpaired) electrons. The van der Waals surface area contributed by atoms with Crippen molar-refractivity contribution in [2.75, 3.05) is 6.61 Å². The summed E-state index contributed by atoms with van der Waals surface area (Å²) in [6.07, 6.45) is -3.30. The third-order valence-corrected chi connectivity index (χ3v) is 5.64. The molecule has 1 aliphatic heterocycles. The van der Waals surface area contributed by atoms with Gasteiger partial charge in [0.25, 0.3) is 0 Å². The number of carbonyl (C=O) groups excluding carboxylic acids is 3. The zero-order valence-corrected chi connectivity index (χ0v) is 16.6. The highest BCUT2D eigenvalue weighted by Gasteiger charge is 2.55. The van der Waals surface area contributed by atoms with E-state index in [1.807, 2.05) is 0 Å². The van der Waals surface area contributed by atoms with Crippen LogP contribution in [0.25, 0.3) is 0 Å². The first-order chi connectivity index (χ1) is 12.9. The third-order valence-electron chi connectivity index (χ3n) is 5.64. The van der Waals surface area contributed by atoms with Crippen molar-refractivity contribution in [3.63, 3.8) is 0 Å². The minimum Gasteiger partial charge on any atom is -0.463 e. The lowest BCUT2D eigenvalue weighted by atomic mass is 9.77. The Labute approximate surface area is 162 Å². The highest BCUT2D eigenvalue weighted by atomic mass is 19.4. The van der Waals surface area contributed by atoms with Gasteiger partial charge in [-0.1, -0.05) is 25.5 Å². The second kappa shape index (κ2) is 8.25. The first-order valence-corrected chi connectivity index (χ1v) is 9.54. The number of carbonyl (C=O) groups is 3. The number of hydrogen-bond donors (Lipinski definition) is 0. The molecule has 1 heterocycles. The zero-order valence-electron chi connectivity index (χ0n) is 16.6. The van der Waals surface area contributed by atoms with Crippen LogP contribution >= 0.6 is 0 Å². The molecule has 28 heavy (non-hydrogen) atoms. The summed E-state index contributed by atoms with van der Waals surface area (Å²) in [7, 11) is 0. The summed E-state index contributed by atoms with van der Waals surface area (Å²) in [5.41, 5.74) is -0.524. The average molecular weight is 404 g/mol. The van der Waals surface area contributed by atoms with Gasteiger partial charge in [0, 0.05) is 18.8 Å². The standard InChI is InChI=1S/C20H27F3O5/c1-5-19(9-11(2)3,18(26)28-16-6-7-27-17(16)25)10-15(24)14-8-13(14)12(4)20(21,22)23/h9,12-14,16H,5-8,10H2,1-4H3/t12?,13-,14-,16?,19?/m1/s1. The molecule has 0 bridgehead atoms. The summed E-state index contributed by atoms with van der Waals surface area (Å²) in [5, 5.41) is 0. The van der Waals surface area contributed by atoms with Crippen molar-refractivity contribution in [2.45, 2.75) is 65.7 Å². The molecule has 5 atom stereocenters. The second-order valence-corrected chi connectivity index (χ2v) is 8.06. The maximum Gasteiger partial charge on any atom is 0.391 e. The van der Waals surface area contributed by atoms with Crippen molar-refractivity contribution in [3.05, 3.63) is 11.6 Å². The summed E-state index contributed by atoms with van der Waals surface area (Å²) < 4.78 is 48.8. The van der Waals surface area contributed by atoms with Gasteiger partial charge in [-0.15, -0.1) is 0 Å². The molecule has 0 N–H and O–H groups in total. The lowest BCUT2D eigenvalue weighted by Crippen LogP contribution is -2.37. The van der Waals surface area contributed by atoms with Crippen LogP contribution in [0, 0.1) is 23.2 Å². The molecule has 2 rings (SSSR count). The number of hydrogen-bond acceptors (Lipinski definition) is 5. The van der Waals surface area contributed by atoms with Gasteiger partial charge in [-0.25, -0.2) is 4.79 Å². The number of halogens is 3. The molecule has 2 aliphatic rings. The molecule has 0 amide bonds. The van der Waals surface area contributed by atoms with Crippen LogP contribution in [0.4, 0.5) is 13.2 Å². The number of Topliss-reactive ketones (excluding diaryl/α,β-unsaturated/α-hetero) is 1. The summed E-state index contributed by atoms with van der Waals surface area (Å²) in [4.78, 5) is 37.2. The predicted molar refractivity (Wildman–Crippen MR) is 94.1 cm³/mol. The van der Waals surface area contributed by atoms with Crippen LogP contribution in [0.1, 0.15) is 53.4 Å². The smallest absolute Gasteiger partial charge is 0.391 e. The van der Waals surface area contributed by atoms with E-state index in [9.17, 15) is 27.6 Å². The largest absolute Gasteiger partial charge is 0.463 e. The Morgan fingerprint density at radius 2 is 1.96 bits per heavy atom. The fourth-order valence-corrected chi connectivity index (χ4v) is 3.76. The van der Waals surface area contributed by atoms with Crippen molar-refractivity contribution in [2.24, 2.45) is 23.2 Å². The number of esters is 2. The number of ketones is 1. The average Bonchev–Trinajstić information content (AvgIpc) is 3.29. The number of cyclic esters (lactones) is 1. The lowest BCUT2D eigenvalue weighted by molar-refractivity contribution is -0.176. The van der Waals surface area contributed by atoms with Crippen LogP contribution in [0.2, 0.25) is 0 Å². The minimum absolute atomic E-state index is 0.163. The van der Waals surface area contributed by atoms with Crippen molar-refractivity contribution in [1.29, 1.82) is 0 Å². The number of alkyl halides is 3. The van der Waals surface area contributed by atoms with E-state index in [0.717, 1.165) is 12.5 Å². The monoisotopic (exact) mass is 404 g/mol. The van der Waals surface area contributed by atoms with E-state index >= 15 is 0 Å². The molecule has 3 unspecified atom stereocenters. The van der Waals surface area contributed by atoms with Crippen LogP contribution in [-0.2, 0) is 23.9 Å². The first-order valence-electron chi connectivity index (χ1n) is 9.54. The Hall–Kier alpha value is -1.86. The predicted octanol–water partition coefficient (Wildman–Crippen LogP) is 4.00. The van der Waals surface area contributed by atoms with Crippen LogP contribution in [0.5, 0.6) is 0 Å². The first kappa shape index (κ1) is 22.4. The summed E-state index contributed by atoms with van der Waals surface area (Å²) in [6.45, 7) is 6.48. The maximum absolute atomic E-state index is 12.9. The summed E-state index contributed by atoms with van der Waals surface area (Å²) in [6, 6.07) is 0. The van der Waals surface area contributed by atoms with Gasteiger partial charge in [-0.2, -0.15) is 13.2 Å². The van der Waals surface area contributed by atoms with E-state index < -0.39 is 47.4 Å². The van der Waals surface area contributed by atoms with Gasteiger partial charge in [-0.05, 0) is 32.6 Å². The quantitative estimate of drug-likeness (QED) is 0.452. The van der Waals surface area contributed by atoms with E-state index in [-0.39, 0.29) is 38.1 Å². The molecule has 5 nitrogen and oxygen atoms in total. The van der Waals surface area contributed by atoms with Crippen molar-refractivity contribution >= 4 is 17.7 Å². The van der Waals surface area contributed by atoms with E-state index in [2.05, 4.69) is 0 Å². The minimum atomic E-state index is -4.34. The Bertz CT molecular complexity index is 665. The molecular weight excluding hydrogens is 377 g/mol. The molecule has 0 aromatic rings. The Balaban J connectivity index is 2.15. The maximum atomic E-state index is 12.9. The van der Waals surface area contributed by atoms with Crippen LogP contribution in [0.15, 0.2) is 11.6 Å². The summed E-state index contributed by atoms with van der Waals surface area (Å²) in [5.74, 6) is -4.70. The van der Waals surface area contributed by atoms with Crippen molar-refractivity contribution in [3.8, 4) is 0 Å². The van der Waals surface area contributed by atoms with E-state index in [1.54, 1.807) is 26.8 Å². The molecule has 2 fully saturated rings. The lowest BCUT2D eigenvalue weighted by Gasteiger charge is -2.28. The molecule has 1 saturated heterocycles. The van der Waals surface area contributed by atoms with Crippen molar-refractivity contribution in [1.82, 2.24) is 0 Å². The Morgan fingerprint density at radius 1 is 1.32 bits per heavy atom. The molecule has 158 valence electrons. The molecule has 1 saturated carbocycles. The SMILES string of the molecule is CCC(C=C(C)C)(CC(=O)[C@@H]1C[C@@H]1C(C)C(F)(F)F)C(=O)OC1CCOC1=O.